The summed E-state index contributed by atoms with van der Waals surface area (Å²) in [6.45, 7) is 0.641. The minimum absolute atomic E-state index is 0.611. The fourth-order valence-corrected chi connectivity index (χ4v) is 1.91. The lowest BCUT2D eigenvalue weighted by molar-refractivity contribution is 1.06. The van der Waals surface area contributed by atoms with E-state index in [0.29, 0.717) is 12.4 Å². The van der Waals surface area contributed by atoms with Crippen molar-refractivity contribution in [2.24, 2.45) is 10.7 Å². The van der Waals surface area contributed by atoms with Gasteiger partial charge in [-0.05, 0) is 17.0 Å². The maximum absolute atomic E-state index is 5.84. The summed E-state index contributed by atoms with van der Waals surface area (Å²) in [4.78, 5) is 4.34. The molecule has 3 heteroatoms. The molecule has 2 N–H and O–H groups in total. The van der Waals surface area contributed by atoms with Gasteiger partial charge in [-0.1, -0.05) is 30.3 Å². The fraction of sp³-hybridized carbons (Fsp3) is 0.0833. The van der Waals surface area contributed by atoms with E-state index in [4.69, 9.17) is 5.73 Å². The highest BCUT2D eigenvalue weighted by molar-refractivity contribution is 7.08. The van der Waals surface area contributed by atoms with Gasteiger partial charge in [-0.25, -0.2) is 0 Å². The van der Waals surface area contributed by atoms with E-state index in [9.17, 15) is 0 Å². The van der Waals surface area contributed by atoms with E-state index in [0.717, 1.165) is 5.56 Å². The molecule has 1 aromatic carbocycles. The summed E-state index contributed by atoms with van der Waals surface area (Å²) >= 11 is 1.63. The van der Waals surface area contributed by atoms with Gasteiger partial charge in [0.05, 0.1) is 6.54 Å². The number of thiophene rings is 1. The molecule has 2 nitrogen and oxygen atoms in total. The van der Waals surface area contributed by atoms with E-state index in [1.54, 1.807) is 11.3 Å². The Morgan fingerprint density at radius 3 is 2.67 bits per heavy atom. The minimum Gasteiger partial charge on any atom is -0.383 e. The lowest BCUT2D eigenvalue weighted by atomic mass is 10.2. The molecule has 1 heterocycles. The van der Waals surface area contributed by atoms with E-state index in [-0.39, 0.29) is 0 Å². The smallest absolute Gasteiger partial charge is 0.126 e. The summed E-state index contributed by atoms with van der Waals surface area (Å²) < 4.78 is 0. The SMILES string of the molecule is NC(=NCc1ccccc1)c1ccsc1. The van der Waals surface area contributed by atoms with Gasteiger partial charge in [-0.15, -0.1) is 0 Å². The summed E-state index contributed by atoms with van der Waals surface area (Å²) in [7, 11) is 0. The molecule has 2 rings (SSSR count). The summed E-state index contributed by atoms with van der Waals surface area (Å²) in [6, 6.07) is 12.1. The number of amidine groups is 1. The van der Waals surface area contributed by atoms with Gasteiger partial charge in [0.15, 0.2) is 0 Å². The minimum atomic E-state index is 0.611. The van der Waals surface area contributed by atoms with Gasteiger partial charge in [-0.2, -0.15) is 11.3 Å². The third-order valence-corrected chi connectivity index (χ3v) is 2.77. The van der Waals surface area contributed by atoms with Crippen molar-refractivity contribution in [2.75, 3.05) is 0 Å². The van der Waals surface area contributed by atoms with Gasteiger partial charge in [0.2, 0.25) is 0 Å². The highest BCUT2D eigenvalue weighted by atomic mass is 32.1. The first-order chi connectivity index (χ1) is 7.36. The Morgan fingerprint density at radius 2 is 2.00 bits per heavy atom. The predicted octanol–water partition coefficient (Wildman–Crippen LogP) is 2.65. The van der Waals surface area contributed by atoms with Crippen molar-refractivity contribution < 1.29 is 0 Å². The van der Waals surface area contributed by atoms with Gasteiger partial charge < -0.3 is 5.73 Å². The molecule has 0 radical (unpaired) electrons. The normalized spacial score (nSPS) is 11.6. The highest BCUT2D eigenvalue weighted by Gasteiger charge is 1.97. The standard InChI is InChI=1S/C12H12N2S/c13-12(11-6-7-15-9-11)14-8-10-4-2-1-3-5-10/h1-7,9H,8H2,(H2,13,14). The van der Waals surface area contributed by atoms with Crippen molar-refractivity contribution in [2.45, 2.75) is 6.54 Å². The maximum Gasteiger partial charge on any atom is 0.126 e. The number of nitrogens with zero attached hydrogens (tertiary/aromatic N) is 1. The van der Waals surface area contributed by atoms with E-state index in [1.165, 1.54) is 5.56 Å². The lowest BCUT2D eigenvalue weighted by Crippen LogP contribution is -2.12. The van der Waals surface area contributed by atoms with Gasteiger partial charge in [0, 0.05) is 10.9 Å². The van der Waals surface area contributed by atoms with E-state index < -0.39 is 0 Å². The second kappa shape index (κ2) is 4.75. The Morgan fingerprint density at radius 1 is 1.20 bits per heavy atom. The van der Waals surface area contributed by atoms with Crippen LogP contribution in [0.15, 0.2) is 52.2 Å². The Kier molecular flexibility index (Phi) is 3.15. The number of nitrogens with two attached hydrogens (primary N) is 1. The summed E-state index contributed by atoms with van der Waals surface area (Å²) in [5.41, 5.74) is 8.03. The quantitative estimate of drug-likeness (QED) is 0.621. The first-order valence-electron chi connectivity index (χ1n) is 4.72. The van der Waals surface area contributed by atoms with Crippen LogP contribution in [-0.4, -0.2) is 5.84 Å². The zero-order valence-electron chi connectivity index (χ0n) is 8.26. The lowest BCUT2D eigenvalue weighted by Gasteiger charge is -1.98. The molecule has 0 amide bonds. The van der Waals surface area contributed by atoms with Crippen LogP contribution in [0.3, 0.4) is 0 Å². The van der Waals surface area contributed by atoms with E-state index >= 15 is 0 Å². The molecule has 1 aromatic heterocycles. The Bertz CT molecular complexity index is 432. The summed E-state index contributed by atoms with van der Waals surface area (Å²) in [5.74, 6) is 0.611. The molecule has 0 aliphatic carbocycles. The van der Waals surface area contributed by atoms with E-state index in [2.05, 4.69) is 4.99 Å². The zero-order valence-corrected chi connectivity index (χ0v) is 9.08. The molecule has 0 aliphatic heterocycles. The van der Waals surface area contributed by atoms with Crippen LogP contribution in [0, 0.1) is 0 Å². The molecule has 0 fully saturated rings. The molecule has 0 bridgehead atoms. The van der Waals surface area contributed by atoms with Crippen LogP contribution in [0.5, 0.6) is 0 Å². The fourth-order valence-electron chi connectivity index (χ4n) is 1.26. The average molecular weight is 216 g/mol. The molecule has 0 saturated carbocycles. The number of benzene rings is 1. The second-order valence-corrected chi connectivity index (χ2v) is 3.98. The molecule has 0 unspecified atom stereocenters. The van der Waals surface area contributed by atoms with Gasteiger partial charge in [0.1, 0.15) is 5.84 Å². The van der Waals surface area contributed by atoms with Crippen LogP contribution in [0.2, 0.25) is 0 Å². The molecular weight excluding hydrogens is 204 g/mol. The molecule has 0 aliphatic rings. The number of aliphatic imine (C=N–C) groups is 1. The Hall–Kier alpha value is -1.61. The first-order valence-corrected chi connectivity index (χ1v) is 5.67. The molecular formula is C12H12N2S. The van der Waals surface area contributed by atoms with Crippen LogP contribution in [0.4, 0.5) is 0 Å². The highest BCUT2D eigenvalue weighted by Crippen LogP contribution is 2.06. The van der Waals surface area contributed by atoms with Gasteiger partial charge in [0.25, 0.3) is 0 Å². The van der Waals surface area contributed by atoms with Crippen molar-refractivity contribution >= 4 is 17.2 Å². The summed E-state index contributed by atoms with van der Waals surface area (Å²) in [6.07, 6.45) is 0. The Balaban J connectivity index is 2.06. The predicted molar refractivity (Wildman–Crippen MR) is 65.2 cm³/mol. The third kappa shape index (κ3) is 2.67. The van der Waals surface area contributed by atoms with Crippen LogP contribution in [0.1, 0.15) is 11.1 Å². The van der Waals surface area contributed by atoms with Crippen LogP contribution >= 0.6 is 11.3 Å². The molecule has 76 valence electrons. The molecule has 2 aromatic rings. The maximum atomic E-state index is 5.84. The van der Waals surface area contributed by atoms with Crippen molar-refractivity contribution in [1.82, 2.24) is 0 Å². The molecule has 0 atom stereocenters. The topological polar surface area (TPSA) is 38.4 Å². The molecule has 0 saturated heterocycles. The zero-order chi connectivity index (χ0) is 10.5. The largest absolute Gasteiger partial charge is 0.383 e. The summed E-state index contributed by atoms with van der Waals surface area (Å²) in [5, 5.41) is 4.00. The van der Waals surface area contributed by atoms with Crippen molar-refractivity contribution in [1.29, 1.82) is 0 Å². The number of hydrogen-bond donors (Lipinski definition) is 1. The average Bonchev–Trinajstić information content (AvgIpc) is 2.81. The monoisotopic (exact) mass is 216 g/mol. The number of hydrogen-bond acceptors (Lipinski definition) is 2. The third-order valence-electron chi connectivity index (χ3n) is 2.09. The van der Waals surface area contributed by atoms with Gasteiger partial charge in [-0.3, -0.25) is 4.99 Å². The van der Waals surface area contributed by atoms with Crippen molar-refractivity contribution in [3.8, 4) is 0 Å². The van der Waals surface area contributed by atoms with Crippen molar-refractivity contribution in [3.05, 3.63) is 58.3 Å². The van der Waals surface area contributed by atoms with Crippen LogP contribution < -0.4 is 5.73 Å². The van der Waals surface area contributed by atoms with E-state index in [1.807, 2.05) is 47.2 Å². The Labute approximate surface area is 93.1 Å². The van der Waals surface area contributed by atoms with Gasteiger partial charge >= 0.3 is 0 Å². The molecule has 15 heavy (non-hydrogen) atoms. The second-order valence-electron chi connectivity index (χ2n) is 3.20. The number of rotatable bonds is 3. The van der Waals surface area contributed by atoms with Crippen LogP contribution in [-0.2, 0) is 6.54 Å². The van der Waals surface area contributed by atoms with Crippen molar-refractivity contribution in [3.63, 3.8) is 0 Å². The van der Waals surface area contributed by atoms with Crippen LogP contribution in [0.25, 0.3) is 0 Å². The first kappa shape index (κ1) is 9.93. The molecule has 0 spiro atoms.